The van der Waals surface area contributed by atoms with Gasteiger partial charge >= 0.3 is 0 Å². The smallest absolute Gasteiger partial charge is 0.185 e. The summed E-state index contributed by atoms with van der Waals surface area (Å²) in [5, 5.41) is 6.79. The maximum absolute atomic E-state index is 4.84. The van der Waals surface area contributed by atoms with E-state index in [-0.39, 0.29) is 0 Å². The number of rotatable bonds is 4. The van der Waals surface area contributed by atoms with Crippen LogP contribution in [-0.2, 0) is 12.8 Å². The van der Waals surface area contributed by atoms with Gasteiger partial charge in [-0.2, -0.15) is 0 Å². The maximum atomic E-state index is 4.84. The highest BCUT2D eigenvalue weighted by Gasteiger charge is 2.17. The average Bonchev–Trinajstić information content (AvgIpc) is 2.89. The third-order valence-corrected chi connectivity index (χ3v) is 5.07. The molecule has 1 N–H and O–H groups in total. The number of aromatic nitrogens is 1. The summed E-state index contributed by atoms with van der Waals surface area (Å²) in [6.07, 6.45) is 2.24. The van der Waals surface area contributed by atoms with Gasteiger partial charge in [-0.1, -0.05) is 31.2 Å². The second kappa shape index (κ2) is 6.58. The molecule has 2 heterocycles. The fourth-order valence-corrected chi connectivity index (χ4v) is 3.86. The van der Waals surface area contributed by atoms with Crippen LogP contribution in [0.4, 0.5) is 5.13 Å². The average molecular weight is 301 g/mol. The molecule has 1 atom stereocenters. The molecular formula is C17H23N3S. The molecule has 0 fully saturated rings. The first kappa shape index (κ1) is 14.5. The lowest BCUT2D eigenvalue weighted by molar-refractivity contribution is 0.585. The Labute approximate surface area is 131 Å². The van der Waals surface area contributed by atoms with Crippen LogP contribution in [0.2, 0.25) is 0 Å². The van der Waals surface area contributed by atoms with Gasteiger partial charge in [-0.15, -0.1) is 11.3 Å². The van der Waals surface area contributed by atoms with E-state index in [4.69, 9.17) is 4.98 Å². The summed E-state index contributed by atoms with van der Waals surface area (Å²) in [7, 11) is 0. The molecule has 1 aromatic carbocycles. The van der Waals surface area contributed by atoms with E-state index in [0.29, 0.717) is 6.04 Å². The molecule has 0 radical (unpaired) electrons. The minimum Gasteiger partial charge on any atom is -0.347 e. The molecular weight excluding hydrogens is 278 g/mol. The van der Waals surface area contributed by atoms with Crippen molar-refractivity contribution in [3.05, 3.63) is 46.5 Å². The number of thiazole rings is 1. The van der Waals surface area contributed by atoms with Crippen molar-refractivity contribution in [2.75, 3.05) is 24.5 Å². The molecule has 1 aromatic heterocycles. The van der Waals surface area contributed by atoms with Crippen LogP contribution in [-0.4, -0.2) is 24.6 Å². The Hall–Kier alpha value is -1.39. The van der Waals surface area contributed by atoms with Crippen LogP contribution >= 0.6 is 11.3 Å². The zero-order chi connectivity index (χ0) is 14.7. The van der Waals surface area contributed by atoms with Gasteiger partial charge in [-0.05, 0) is 37.4 Å². The SMILES string of the molecule is CCNC(C)c1csc(N2CCc3ccccc3CC2)n1. The first-order valence-electron chi connectivity index (χ1n) is 7.78. The van der Waals surface area contributed by atoms with Crippen LogP contribution < -0.4 is 10.2 Å². The Kier molecular flexibility index (Phi) is 4.56. The molecule has 0 bridgehead atoms. The van der Waals surface area contributed by atoms with E-state index in [9.17, 15) is 0 Å². The third kappa shape index (κ3) is 3.27. The lowest BCUT2D eigenvalue weighted by atomic mass is 10.0. The molecule has 0 aliphatic carbocycles. The minimum absolute atomic E-state index is 0.337. The normalized spacial score (nSPS) is 16.4. The van der Waals surface area contributed by atoms with E-state index in [1.165, 1.54) is 22.0 Å². The highest BCUT2D eigenvalue weighted by Crippen LogP contribution is 2.26. The van der Waals surface area contributed by atoms with Gasteiger partial charge in [-0.3, -0.25) is 0 Å². The van der Waals surface area contributed by atoms with E-state index in [0.717, 1.165) is 32.5 Å². The Morgan fingerprint density at radius 2 is 1.90 bits per heavy atom. The van der Waals surface area contributed by atoms with Crippen molar-refractivity contribution in [3.8, 4) is 0 Å². The quantitative estimate of drug-likeness (QED) is 0.938. The van der Waals surface area contributed by atoms with Crippen molar-refractivity contribution in [2.24, 2.45) is 0 Å². The van der Waals surface area contributed by atoms with Crippen molar-refractivity contribution in [1.29, 1.82) is 0 Å². The minimum atomic E-state index is 0.337. The molecule has 0 saturated heterocycles. The highest BCUT2D eigenvalue weighted by molar-refractivity contribution is 7.13. The van der Waals surface area contributed by atoms with Gasteiger partial charge in [0.25, 0.3) is 0 Å². The number of hydrogen-bond acceptors (Lipinski definition) is 4. The Morgan fingerprint density at radius 1 is 1.24 bits per heavy atom. The summed E-state index contributed by atoms with van der Waals surface area (Å²) in [6, 6.07) is 9.16. The largest absolute Gasteiger partial charge is 0.347 e. The van der Waals surface area contributed by atoms with Crippen molar-refractivity contribution in [2.45, 2.75) is 32.7 Å². The summed E-state index contributed by atoms with van der Waals surface area (Å²) in [5.74, 6) is 0. The first-order chi connectivity index (χ1) is 10.3. The van der Waals surface area contributed by atoms with E-state index in [1.807, 2.05) is 0 Å². The van der Waals surface area contributed by atoms with Crippen LogP contribution in [0.25, 0.3) is 0 Å². The van der Waals surface area contributed by atoms with Gasteiger partial charge in [0, 0.05) is 24.5 Å². The predicted octanol–water partition coefficient (Wildman–Crippen LogP) is 3.42. The fraction of sp³-hybridized carbons (Fsp3) is 0.471. The number of nitrogens with zero attached hydrogens (tertiary/aromatic N) is 2. The van der Waals surface area contributed by atoms with Gasteiger partial charge in [0.05, 0.1) is 5.69 Å². The monoisotopic (exact) mass is 301 g/mol. The van der Waals surface area contributed by atoms with Crippen LogP contribution in [0.3, 0.4) is 0 Å². The molecule has 3 rings (SSSR count). The van der Waals surface area contributed by atoms with E-state index in [1.54, 1.807) is 11.3 Å². The van der Waals surface area contributed by atoms with Crippen LogP contribution in [0.5, 0.6) is 0 Å². The molecule has 1 aliphatic rings. The molecule has 112 valence electrons. The van der Waals surface area contributed by atoms with Gasteiger partial charge in [0.15, 0.2) is 5.13 Å². The summed E-state index contributed by atoms with van der Waals surface area (Å²) in [4.78, 5) is 7.28. The summed E-state index contributed by atoms with van der Waals surface area (Å²) in [6.45, 7) is 7.43. The first-order valence-corrected chi connectivity index (χ1v) is 8.66. The lowest BCUT2D eigenvalue weighted by Gasteiger charge is -2.19. The van der Waals surface area contributed by atoms with Crippen LogP contribution in [0.1, 0.15) is 36.7 Å². The van der Waals surface area contributed by atoms with Crippen molar-refractivity contribution < 1.29 is 0 Å². The zero-order valence-corrected chi connectivity index (χ0v) is 13.6. The van der Waals surface area contributed by atoms with Crippen molar-refractivity contribution in [1.82, 2.24) is 10.3 Å². The van der Waals surface area contributed by atoms with Crippen molar-refractivity contribution in [3.63, 3.8) is 0 Å². The van der Waals surface area contributed by atoms with Gasteiger partial charge in [-0.25, -0.2) is 4.98 Å². The van der Waals surface area contributed by atoms with Gasteiger partial charge < -0.3 is 10.2 Å². The van der Waals surface area contributed by atoms with Gasteiger partial charge in [0.1, 0.15) is 0 Å². The Balaban J connectivity index is 1.71. The molecule has 4 heteroatoms. The number of fused-ring (bicyclic) bond motifs is 1. The van der Waals surface area contributed by atoms with Crippen LogP contribution in [0.15, 0.2) is 29.6 Å². The molecule has 0 amide bonds. The lowest BCUT2D eigenvalue weighted by Crippen LogP contribution is -2.26. The molecule has 0 spiro atoms. The topological polar surface area (TPSA) is 28.2 Å². The molecule has 1 aliphatic heterocycles. The molecule has 2 aromatic rings. The fourth-order valence-electron chi connectivity index (χ4n) is 2.89. The standard InChI is InChI=1S/C17H23N3S/c1-3-18-13(2)16-12-21-17(19-16)20-10-8-14-6-4-5-7-15(14)9-11-20/h4-7,12-13,18H,3,8-11H2,1-2H3. The summed E-state index contributed by atoms with van der Waals surface area (Å²) >= 11 is 1.77. The number of anilines is 1. The molecule has 3 nitrogen and oxygen atoms in total. The molecule has 1 unspecified atom stereocenters. The number of benzene rings is 1. The predicted molar refractivity (Wildman–Crippen MR) is 90.3 cm³/mol. The number of hydrogen-bond donors (Lipinski definition) is 1. The summed E-state index contributed by atoms with van der Waals surface area (Å²) < 4.78 is 0. The second-order valence-corrected chi connectivity index (χ2v) is 6.43. The number of nitrogens with one attached hydrogen (secondary N) is 1. The maximum Gasteiger partial charge on any atom is 0.185 e. The Morgan fingerprint density at radius 3 is 2.52 bits per heavy atom. The third-order valence-electron chi connectivity index (χ3n) is 4.15. The van der Waals surface area contributed by atoms with E-state index in [2.05, 4.69) is 53.7 Å². The van der Waals surface area contributed by atoms with Crippen LogP contribution in [0, 0.1) is 0 Å². The Bertz CT molecular complexity index is 566. The van der Waals surface area contributed by atoms with Gasteiger partial charge in [0.2, 0.25) is 0 Å². The second-order valence-electron chi connectivity index (χ2n) is 5.59. The van der Waals surface area contributed by atoms with E-state index >= 15 is 0 Å². The highest BCUT2D eigenvalue weighted by atomic mass is 32.1. The zero-order valence-electron chi connectivity index (χ0n) is 12.8. The summed E-state index contributed by atoms with van der Waals surface area (Å²) in [5.41, 5.74) is 4.16. The van der Waals surface area contributed by atoms with E-state index < -0.39 is 0 Å². The molecule has 0 saturated carbocycles. The van der Waals surface area contributed by atoms with Crippen molar-refractivity contribution >= 4 is 16.5 Å². The molecule has 21 heavy (non-hydrogen) atoms.